The number of carbonyl (C=O) groups excluding carboxylic acids is 1. The van der Waals surface area contributed by atoms with Crippen LogP contribution < -0.4 is 0 Å². The fraction of sp³-hybridized carbons (Fsp3) is 0.556. The molecular formula is C18H32O6. The van der Waals surface area contributed by atoms with Crippen LogP contribution in [0.4, 0.5) is 0 Å². The van der Waals surface area contributed by atoms with E-state index in [2.05, 4.69) is 33.6 Å². The van der Waals surface area contributed by atoms with Gasteiger partial charge in [0.25, 0.3) is 0 Å². The number of carboxylic acid groups (broad SMARTS) is 1. The number of carbonyl (C=O) groups is 2. The Kier molecular flexibility index (Phi) is 25.9. The van der Waals surface area contributed by atoms with Gasteiger partial charge in [-0.25, -0.2) is 9.59 Å². The zero-order chi connectivity index (χ0) is 19.2. The molecule has 0 aromatic rings. The maximum atomic E-state index is 10.6. The van der Waals surface area contributed by atoms with Crippen molar-refractivity contribution < 1.29 is 28.9 Å². The molecule has 0 rings (SSSR count). The summed E-state index contributed by atoms with van der Waals surface area (Å²) < 4.78 is 14.8. The molecule has 0 aliphatic carbocycles. The second-order valence-corrected chi connectivity index (χ2v) is 4.37. The highest BCUT2D eigenvalue weighted by molar-refractivity contribution is 5.81. The molecule has 0 saturated carbocycles. The summed E-state index contributed by atoms with van der Waals surface area (Å²) in [5.41, 5.74) is 0. The third-order valence-electron chi connectivity index (χ3n) is 2.21. The molecule has 0 aliphatic rings. The second kappa shape index (κ2) is 23.2. The summed E-state index contributed by atoms with van der Waals surface area (Å²) in [6, 6.07) is 0. The Labute approximate surface area is 145 Å². The highest BCUT2D eigenvalue weighted by atomic mass is 16.7. The molecule has 0 radical (unpaired) electrons. The summed E-state index contributed by atoms with van der Waals surface area (Å²) in [7, 11) is 0. The van der Waals surface area contributed by atoms with Crippen LogP contribution in [0.2, 0.25) is 0 Å². The predicted molar refractivity (Wildman–Crippen MR) is 95.5 cm³/mol. The first-order valence-electron chi connectivity index (χ1n) is 7.91. The molecule has 0 aromatic heterocycles. The largest absolute Gasteiger partial charge is 0.502 e. The summed E-state index contributed by atoms with van der Waals surface area (Å²) in [6.45, 7) is 17.0. The van der Waals surface area contributed by atoms with E-state index in [4.69, 9.17) is 19.3 Å². The van der Waals surface area contributed by atoms with Crippen molar-refractivity contribution in [2.75, 3.05) is 13.2 Å². The van der Waals surface area contributed by atoms with Gasteiger partial charge in [-0.15, -0.1) is 0 Å². The number of hydrogen-bond donors (Lipinski definition) is 1. The van der Waals surface area contributed by atoms with Gasteiger partial charge >= 0.3 is 11.9 Å². The van der Waals surface area contributed by atoms with Gasteiger partial charge in [0.05, 0.1) is 19.5 Å². The average molecular weight is 344 g/mol. The molecule has 0 aromatic carbocycles. The van der Waals surface area contributed by atoms with Gasteiger partial charge in [-0.2, -0.15) is 0 Å². The number of hydrogen-bond acceptors (Lipinski definition) is 5. The Morgan fingerprint density at radius 2 is 1.54 bits per heavy atom. The third-order valence-corrected chi connectivity index (χ3v) is 2.21. The van der Waals surface area contributed by atoms with Gasteiger partial charge in [-0.05, 0) is 19.8 Å². The molecule has 0 aliphatic heterocycles. The van der Waals surface area contributed by atoms with E-state index in [1.165, 1.54) is 12.7 Å². The second-order valence-electron chi connectivity index (χ2n) is 4.37. The fourth-order valence-electron chi connectivity index (χ4n) is 0.950. The fourth-order valence-corrected chi connectivity index (χ4v) is 0.950. The molecule has 6 heteroatoms. The Morgan fingerprint density at radius 3 is 1.92 bits per heavy atom. The van der Waals surface area contributed by atoms with E-state index in [-0.39, 0.29) is 0 Å². The summed E-state index contributed by atoms with van der Waals surface area (Å²) in [5, 5.41) is 7.60. The maximum Gasteiger partial charge on any atom is 0.332 e. The SMILES string of the molecule is C=CC(=O)O.C=CC(=O)OC(C)OCCCC.C=COCCCC. The van der Waals surface area contributed by atoms with Gasteiger partial charge in [-0.3, -0.25) is 0 Å². The van der Waals surface area contributed by atoms with Gasteiger partial charge in [0.15, 0.2) is 6.29 Å². The van der Waals surface area contributed by atoms with Crippen LogP contribution in [0.15, 0.2) is 38.2 Å². The molecule has 0 bridgehead atoms. The lowest BCUT2D eigenvalue weighted by Gasteiger charge is -2.11. The van der Waals surface area contributed by atoms with Gasteiger partial charge in [0, 0.05) is 12.2 Å². The number of esters is 1. The van der Waals surface area contributed by atoms with E-state index in [1.807, 2.05) is 0 Å². The Morgan fingerprint density at radius 1 is 1.04 bits per heavy atom. The standard InChI is InChI=1S/C9H16O3.C6H12O.C3H4O2/c1-4-6-7-11-8(3)12-9(10)5-2;1-3-5-6-7-4-2;1-2-3(4)5/h5,8H,2,4,6-7H2,1,3H3;4H,2-3,5-6H2,1H3;2H,1H2,(H,4,5). The smallest absolute Gasteiger partial charge is 0.332 e. The third kappa shape index (κ3) is 32.0. The molecule has 1 N–H and O–H groups in total. The zero-order valence-corrected chi connectivity index (χ0v) is 15.2. The van der Waals surface area contributed by atoms with Crippen molar-refractivity contribution in [3.05, 3.63) is 38.2 Å². The molecule has 6 nitrogen and oxygen atoms in total. The van der Waals surface area contributed by atoms with Crippen molar-refractivity contribution >= 4 is 11.9 Å². The van der Waals surface area contributed by atoms with Gasteiger partial charge < -0.3 is 19.3 Å². The minimum atomic E-state index is -0.981. The Hall–Kier alpha value is -2.08. The van der Waals surface area contributed by atoms with Gasteiger partial charge in [0.1, 0.15) is 0 Å². The summed E-state index contributed by atoms with van der Waals surface area (Å²) in [4.78, 5) is 19.9. The monoisotopic (exact) mass is 344 g/mol. The minimum Gasteiger partial charge on any atom is -0.502 e. The maximum absolute atomic E-state index is 10.6. The van der Waals surface area contributed by atoms with Crippen molar-refractivity contribution in [1.82, 2.24) is 0 Å². The van der Waals surface area contributed by atoms with Crippen LogP contribution in [0.25, 0.3) is 0 Å². The van der Waals surface area contributed by atoms with Crippen LogP contribution >= 0.6 is 0 Å². The first-order chi connectivity index (χ1) is 11.4. The van der Waals surface area contributed by atoms with E-state index in [9.17, 15) is 9.59 Å². The summed E-state index contributed by atoms with van der Waals surface area (Å²) >= 11 is 0. The number of unbranched alkanes of at least 4 members (excludes halogenated alkanes) is 2. The number of ether oxygens (including phenoxy) is 3. The van der Waals surface area contributed by atoms with Crippen LogP contribution in [-0.4, -0.2) is 36.5 Å². The Bertz CT molecular complexity index is 338. The topological polar surface area (TPSA) is 82.1 Å². The van der Waals surface area contributed by atoms with Crippen molar-refractivity contribution in [2.24, 2.45) is 0 Å². The molecule has 0 heterocycles. The highest BCUT2D eigenvalue weighted by Gasteiger charge is 2.04. The lowest BCUT2D eigenvalue weighted by molar-refractivity contribution is -0.168. The average Bonchev–Trinajstić information content (AvgIpc) is 2.56. The normalized spacial score (nSPS) is 9.79. The zero-order valence-electron chi connectivity index (χ0n) is 15.2. The molecule has 1 atom stereocenters. The van der Waals surface area contributed by atoms with E-state index in [0.29, 0.717) is 6.61 Å². The van der Waals surface area contributed by atoms with Crippen LogP contribution in [0.5, 0.6) is 0 Å². The molecule has 140 valence electrons. The van der Waals surface area contributed by atoms with Crippen LogP contribution in [-0.2, 0) is 23.8 Å². The van der Waals surface area contributed by atoms with Crippen LogP contribution in [0.1, 0.15) is 46.5 Å². The molecule has 1 unspecified atom stereocenters. The molecule has 0 fully saturated rings. The van der Waals surface area contributed by atoms with Crippen molar-refractivity contribution in [3.8, 4) is 0 Å². The van der Waals surface area contributed by atoms with Crippen molar-refractivity contribution in [3.63, 3.8) is 0 Å². The number of carboxylic acids is 1. The molecular weight excluding hydrogens is 312 g/mol. The van der Waals surface area contributed by atoms with E-state index in [1.54, 1.807) is 6.92 Å². The van der Waals surface area contributed by atoms with Crippen LogP contribution in [0.3, 0.4) is 0 Å². The first kappa shape index (κ1) is 26.8. The van der Waals surface area contributed by atoms with E-state index >= 15 is 0 Å². The quantitative estimate of drug-likeness (QED) is 0.200. The molecule has 24 heavy (non-hydrogen) atoms. The number of rotatable bonds is 11. The van der Waals surface area contributed by atoms with Gasteiger partial charge in [-0.1, -0.05) is 46.4 Å². The number of aliphatic carboxylic acids is 1. The summed E-state index contributed by atoms with van der Waals surface area (Å²) in [5.74, 6) is -1.43. The highest BCUT2D eigenvalue weighted by Crippen LogP contribution is 1.97. The lowest BCUT2D eigenvalue weighted by Crippen LogP contribution is -2.17. The van der Waals surface area contributed by atoms with E-state index in [0.717, 1.165) is 38.0 Å². The first-order valence-corrected chi connectivity index (χ1v) is 7.91. The molecule has 0 saturated heterocycles. The lowest BCUT2D eigenvalue weighted by atomic mass is 10.4. The Balaban J connectivity index is -0.000000311. The van der Waals surface area contributed by atoms with Gasteiger partial charge in [0.2, 0.25) is 0 Å². The predicted octanol–water partition coefficient (Wildman–Crippen LogP) is 4.08. The summed E-state index contributed by atoms with van der Waals surface area (Å²) in [6.07, 6.45) is 7.34. The minimum absolute atomic E-state index is 0.445. The van der Waals surface area contributed by atoms with Crippen molar-refractivity contribution in [2.45, 2.75) is 52.7 Å². The van der Waals surface area contributed by atoms with Crippen LogP contribution in [0, 0.1) is 0 Å². The van der Waals surface area contributed by atoms with Crippen molar-refractivity contribution in [1.29, 1.82) is 0 Å². The van der Waals surface area contributed by atoms with E-state index < -0.39 is 18.2 Å². The molecule has 0 spiro atoms. The molecule has 0 amide bonds.